The van der Waals surface area contributed by atoms with Crippen molar-refractivity contribution in [2.75, 3.05) is 23.7 Å². The van der Waals surface area contributed by atoms with Gasteiger partial charge in [0.25, 0.3) is 0 Å². The third-order valence-electron chi connectivity index (χ3n) is 7.16. The van der Waals surface area contributed by atoms with E-state index < -0.39 is 9.85 Å². The molecule has 0 spiro atoms. The van der Waals surface area contributed by atoms with Gasteiger partial charge in [-0.3, -0.25) is 9.97 Å². The number of nitrogens with zero attached hydrogens (tertiary/aromatic N) is 8. The Kier molecular flexibility index (Phi) is 11.1. The predicted molar refractivity (Wildman–Crippen MR) is 182 cm³/mol. The number of rotatable bonds is 13. The number of imidazole rings is 2. The minimum absolute atomic E-state index is 0.111. The number of nitro groups is 2. The second-order valence-electron chi connectivity index (χ2n) is 10.3. The fourth-order valence-corrected chi connectivity index (χ4v) is 5.28. The molecule has 4 aromatic heterocycles. The molecule has 2 N–H and O–H groups in total. The Bertz CT molecular complexity index is 2000. The topological polar surface area (TPSA) is 172 Å². The number of benzene rings is 2. The first kappa shape index (κ1) is 33.0. The van der Waals surface area contributed by atoms with E-state index in [4.69, 9.17) is 23.2 Å². The van der Waals surface area contributed by atoms with E-state index in [1.165, 1.54) is 17.0 Å². The van der Waals surface area contributed by atoms with E-state index in [9.17, 15) is 20.2 Å². The summed E-state index contributed by atoms with van der Waals surface area (Å²) in [6.45, 7) is 2.55. The van der Waals surface area contributed by atoms with E-state index in [2.05, 4.69) is 30.6 Å². The molecule has 6 aromatic rings. The first-order valence-corrected chi connectivity index (χ1v) is 15.4. The molecule has 0 aliphatic rings. The zero-order valence-corrected chi connectivity index (χ0v) is 26.5. The van der Waals surface area contributed by atoms with Crippen LogP contribution in [0, 0.1) is 20.2 Å². The summed E-state index contributed by atoms with van der Waals surface area (Å²) in [6, 6.07) is 15.0. The summed E-state index contributed by atoms with van der Waals surface area (Å²) < 4.78 is 3.09. The first-order valence-electron chi connectivity index (χ1n) is 14.7. The Hall–Kier alpha value is -5.34. The minimum atomic E-state index is -0.479. The van der Waals surface area contributed by atoms with Crippen LogP contribution >= 0.6 is 23.2 Å². The Morgan fingerprint density at radius 3 is 1.57 bits per heavy atom. The smallest absolute Gasteiger partial charge is 0.390 e. The number of unbranched alkanes of at least 4 members (excludes halogenated alkanes) is 1. The van der Waals surface area contributed by atoms with Crippen LogP contribution in [-0.4, -0.2) is 52.0 Å². The third kappa shape index (κ3) is 8.68. The minimum Gasteiger partial charge on any atom is -0.390 e. The van der Waals surface area contributed by atoms with Crippen LogP contribution in [0.5, 0.6) is 0 Å². The Balaban J connectivity index is 0.000000185. The molecule has 242 valence electrons. The number of hydrogen-bond acceptors (Lipinski definition) is 10. The molecule has 0 unspecified atom stereocenters. The zero-order valence-electron chi connectivity index (χ0n) is 25.0. The van der Waals surface area contributed by atoms with Crippen molar-refractivity contribution >= 4 is 68.3 Å². The van der Waals surface area contributed by atoms with Crippen LogP contribution in [0.4, 0.5) is 23.3 Å². The van der Waals surface area contributed by atoms with Gasteiger partial charge in [-0.15, -0.1) is 0 Å². The van der Waals surface area contributed by atoms with Crippen molar-refractivity contribution in [1.82, 2.24) is 29.1 Å². The molecule has 47 heavy (non-hydrogen) atoms. The lowest BCUT2D eigenvalue weighted by molar-refractivity contribution is -0.396. The van der Waals surface area contributed by atoms with Gasteiger partial charge in [0.1, 0.15) is 24.8 Å². The van der Waals surface area contributed by atoms with Gasteiger partial charge in [-0.2, -0.15) is 0 Å². The van der Waals surface area contributed by atoms with E-state index >= 15 is 0 Å². The van der Waals surface area contributed by atoms with E-state index in [1.807, 2.05) is 48.5 Å². The lowest BCUT2D eigenvalue weighted by Gasteiger charge is -2.09. The summed E-state index contributed by atoms with van der Waals surface area (Å²) in [5, 5.41) is 31.6. The van der Waals surface area contributed by atoms with Crippen molar-refractivity contribution in [2.45, 2.75) is 32.4 Å². The molecule has 2 aromatic carbocycles. The largest absolute Gasteiger partial charge is 0.434 e. The lowest BCUT2D eigenvalue weighted by atomic mass is 10.2. The molecule has 14 nitrogen and oxygen atoms in total. The number of fused-ring (bicyclic) bond motifs is 2. The summed E-state index contributed by atoms with van der Waals surface area (Å²) >= 11 is 12.0. The number of halogens is 2. The summed E-state index contributed by atoms with van der Waals surface area (Å²) in [4.78, 5) is 36.7. The molecule has 0 bridgehead atoms. The van der Waals surface area contributed by atoms with Crippen LogP contribution in [0.2, 0.25) is 10.0 Å². The Morgan fingerprint density at radius 1 is 0.617 bits per heavy atom. The van der Waals surface area contributed by atoms with Crippen molar-refractivity contribution in [3.05, 3.63) is 116 Å². The number of nitrogens with one attached hydrogen (secondary N) is 2. The van der Waals surface area contributed by atoms with Crippen LogP contribution in [0.1, 0.15) is 19.3 Å². The van der Waals surface area contributed by atoms with Gasteiger partial charge < -0.3 is 30.9 Å². The van der Waals surface area contributed by atoms with Crippen LogP contribution < -0.4 is 10.6 Å². The highest BCUT2D eigenvalue weighted by atomic mass is 35.5. The summed E-state index contributed by atoms with van der Waals surface area (Å²) in [5.74, 6) is -0.242. The highest BCUT2D eigenvalue weighted by Crippen LogP contribution is 2.25. The molecular formula is C31H30Cl2N10O4. The molecule has 0 fully saturated rings. The molecule has 0 saturated carbocycles. The fourth-order valence-electron chi connectivity index (χ4n) is 4.95. The highest BCUT2D eigenvalue weighted by molar-refractivity contribution is 6.31. The van der Waals surface area contributed by atoms with Crippen LogP contribution in [-0.2, 0) is 13.1 Å². The van der Waals surface area contributed by atoms with Gasteiger partial charge in [-0.1, -0.05) is 33.2 Å². The number of hydrogen-bond donors (Lipinski definition) is 2. The zero-order chi connectivity index (χ0) is 33.2. The van der Waals surface area contributed by atoms with Crippen LogP contribution in [0.25, 0.3) is 21.8 Å². The maximum absolute atomic E-state index is 10.8. The van der Waals surface area contributed by atoms with Crippen LogP contribution in [0.15, 0.2) is 85.7 Å². The monoisotopic (exact) mass is 676 g/mol. The van der Waals surface area contributed by atoms with Gasteiger partial charge in [-0.25, -0.2) is 9.13 Å². The lowest BCUT2D eigenvalue weighted by Crippen LogP contribution is -2.08. The number of anilines is 2. The van der Waals surface area contributed by atoms with E-state index in [0.29, 0.717) is 29.7 Å². The van der Waals surface area contributed by atoms with Crippen molar-refractivity contribution in [2.24, 2.45) is 0 Å². The molecule has 0 saturated heterocycles. The molecule has 0 aliphatic heterocycles. The van der Waals surface area contributed by atoms with Crippen molar-refractivity contribution < 1.29 is 9.85 Å². The molecule has 0 radical (unpaired) electrons. The average Bonchev–Trinajstić information content (AvgIpc) is 3.73. The van der Waals surface area contributed by atoms with Gasteiger partial charge in [0.05, 0.1) is 24.1 Å². The molecule has 6 rings (SSSR count). The normalized spacial score (nSPS) is 10.9. The molecule has 0 aliphatic carbocycles. The Labute approximate surface area is 278 Å². The van der Waals surface area contributed by atoms with E-state index in [1.54, 1.807) is 29.4 Å². The quantitative estimate of drug-likeness (QED) is 0.0714. The maximum atomic E-state index is 10.8. The second kappa shape index (κ2) is 15.8. The van der Waals surface area contributed by atoms with Crippen molar-refractivity contribution in [3.63, 3.8) is 0 Å². The van der Waals surface area contributed by atoms with Gasteiger partial charge in [0, 0.05) is 57.7 Å². The number of pyridine rings is 2. The molecule has 0 atom stereocenters. The fraction of sp³-hybridized carbons (Fsp3) is 0.226. The summed E-state index contributed by atoms with van der Waals surface area (Å²) in [6.07, 6.45) is 12.0. The van der Waals surface area contributed by atoms with Gasteiger partial charge >= 0.3 is 11.9 Å². The standard InChI is InChI=1S/C16H16ClN5O2.C15H14ClN5O2/c17-12-3-4-13-14(5-7-19-15(13)11-12)18-6-1-2-9-21-10-8-20-16(21)22(23)24;16-11-2-3-12-13(4-6-18-14(12)10-11)17-5-1-8-20-9-7-19-15(20)21(22)23/h3-5,7-8,10-11H,1-2,6,9H2,(H,18,19);2-4,6-7,9-10H,1,5,8H2,(H,17,18). The number of aromatic nitrogens is 6. The van der Waals surface area contributed by atoms with Crippen molar-refractivity contribution in [1.29, 1.82) is 0 Å². The Morgan fingerprint density at radius 2 is 1.09 bits per heavy atom. The first-order chi connectivity index (χ1) is 22.8. The van der Waals surface area contributed by atoms with Gasteiger partial charge in [0.2, 0.25) is 0 Å². The SMILES string of the molecule is O=[N+]([O-])c1nccn1CCCCNc1ccnc2cc(Cl)ccc12.O=[N+]([O-])c1nccn1CCCNc1ccnc2cc(Cl)ccc12. The molecule has 0 amide bonds. The average molecular weight is 678 g/mol. The second-order valence-corrected chi connectivity index (χ2v) is 11.2. The van der Waals surface area contributed by atoms with Gasteiger partial charge in [0.15, 0.2) is 0 Å². The van der Waals surface area contributed by atoms with E-state index in [-0.39, 0.29) is 11.9 Å². The maximum Gasteiger partial charge on any atom is 0.434 e. The van der Waals surface area contributed by atoms with Crippen molar-refractivity contribution in [3.8, 4) is 0 Å². The summed E-state index contributed by atoms with van der Waals surface area (Å²) in [7, 11) is 0. The predicted octanol–water partition coefficient (Wildman–Crippen LogP) is 7.38. The molecule has 4 heterocycles. The van der Waals surface area contributed by atoms with Gasteiger partial charge in [-0.05, 0) is 77.6 Å². The highest BCUT2D eigenvalue weighted by Gasteiger charge is 2.14. The molecule has 16 heteroatoms. The summed E-state index contributed by atoms with van der Waals surface area (Å²) in [5.41, 5.74) is 3.64. The number of aryl methyl sites for hydroxylation is 2. The molecular weight excluding hydrogens is 647 g/mol. The van der Waals surface area contributed by atoms with Crippen LogP contribution in [0.3, 0.4) is 0 Å². The van der Waals surface area contributed by atoms with E-state index in [0.717, 1.165) is 59.0 Å². The third-order valence-corrected chi connectivity index (χ3v) is 7.63.